The Labute approximate surface area is 859 Å². The van der Waals surface area contributed by atoms with Crippen molar-refractivity contribution in [1.82, 2.24) is 103 Å². The molecule has 1 saturated heterocycles. The van der Waals surface area contributed by atoms with Crippen LogP contribution in [-0.2, 0) is 16.0 Å². The van der Waals surface area contributed by atoms with E-state index in [1.54, 1.807) is 79.1 Å². The van der Waals surface area contributed by atoms with Gasteiger partial charge in [0.05, 0.1) is 82.5 Å². The van der Waals surface area contributed by atoms with Gasteiger partial charge >= 0.3 is 0 Å². The number of hydrogen-bond acceptors (Lipinski definition) is 28. The van der Waals surface area contributed by atoms with E-state index in [9.17, 15) is 69.9 Å². The first-order valence-electron chi connectivity index (χ1n) is 47.7. The molecule has 2 amide bonds. The Hall–Kier alpha value is -19.5. The van der Waals surface area contributed by atoms with Crippen molar-refractivity contribution in [3.8, 4) is 115 Å². The van der Waals surface area contributed by atoms with Crippen LogP contribution < -0.4 is 54.9 Å². The van der Waals surface area contributed by atoms with Gasteiger partial charge < -0.3 is 26.3 Å². The minimum atomic E-state index is -0.429. The highest BCUT2D eigenvalue weighted by Crippen LogP contribution is 2.40. The molecule has 18 aromatic rings. The normalized spacial score (nSPS) is 12.9. The van der Waals surface area contributed by atoms with Crippen molar-refractivity contribution in [2.24, 2.45) is 16.6 Å². The van der Waals surface area contributed by atoms with E-state index in [2.05, 4.69) is 89.0 Å². The summed E-state index contributed by atoms with van der Waals surface area (Å²) in [5.74, 6) is -0.0928. The standard InChI is InChI=1S/C20H17N5OS.C19H19N5O2.C18H19N5O2.C18H17N5O2.C17H14N6O.C16H15N5O2/c1-11(2)15-16(24-18-14(9-21)10-22-25(18)20(15)26)17-12(3)23-19(27-17)13-7-5-4-6-8-13;1-4-21-18(25)13-7-5-6-12(8-13)16-15(11(2)3)19(26)24-17(23-16)14(9-20)10-22-24;1-10(2)15-16(12-5-14(20-7-12)11-3-4-25-9-11)22-17-13(6-19)8-21-23(17)18(15)24;1-10(2)15-16(12-5-3-4-11(6-12)7-14(20)24)22-17-13(8-19)9-21-23(17)18(15)25;1-9(2)14-15(11-3-10(6-18)4-13(20)5-11)22-16-12(7-19)8-21-23(16)17(14)24;1-9(2)13-14(10-4-5-18-12(6-10)23-3)20-15-11(7-17)8-19-21(15)16(13)22/h4-8,10-11,22H,1-3H3;5-8,10-11,22H,4H2,1-3H3,(H,21,25);5,7-8,10-11,14,21H,3-4,9H2,1-2H3;3-6,9-10,21H,7H2,1-2H3,(H2,20,24);3-5,8-9,21H,20H2,1-2H3;4-6,8-9,19H,1-3H3. The fraction of sp³-hybridized carbons (Fsp3) is 0.259. The van der Waals surface area contributed by atoms with Crippen molar-refractivity contribution < 1.29 is 19.1 Å². The molecule has 2 atom stereocenters. The van der Waals surface area contributed by atoms with E-state index in [1.807, 2.05) is 170 Å². The summed E-state index contributed by atoms with van der Waals surface area (Å²) < 4.78 is 18.4. The molecule has 0 saturated carbocycles. The number of carbonyl (C=O) groups is 2. The number of nitriles is 7. The highest BCUT2D eigenvalue weighted by atomic mass is 32.1. The third-order valence-electron chi connectivity index (χ3n) is 24.7. The van der Waals surface area contributed by atoms with Crippen LogP contribution in [0.4, 0.5) is 5.69 Å². The van der Waals surface area contributed by atoms with Crippen molar-refractivity contribution in [3.63, 3.8) is 0 Å². The maximum absolute atomic E-state index is 13.0. The highest BCUT2D eigenvalue weighted by molar-refractivity contribution is 7.18. The lowest BCUT2D eigenvalue weighted by Crippen LogP contribution is -2.24. The Bertz CT molecular complexity index is 9160. The van der Waals surface area contributed by atoms with Crippen LogP contribution in [0.1, 0.15) is 232 Å². The van der Waals surface area contributed by atoms with Crippen LogP contribution in [0, 0.1) is 92.2 Å². The number of aromatic nitrogens is 20. The number of aromatic amines is 6. The molecule has 0 radical (unpaired) electrons. The molecule has 1 fully saturated rings. The van der Waals surface area contributed by atoms with E-state index in [1.165, 1.54) is 82.7 Å². The van der Waals surface area contributed by atoms with Crippen molar-refractivity contribution in [2.75, 3.05) is 32.6 Å². The van der Waals surface area contributed by atoms with E-state index in [4.69, 9.17) is 36.2 Å². The SMILES string of the molecule is CC(C)c1c(-c2cc(N)cc(C#N)c2)nc2c(C#N)c[nH]n2c1=O.CC(C)c1c(-c2cccc(CC(N)=O)c2)nc2c(C#N)c[nH]n2c1=O.CC(C)c1c(C2=CC(C3CCOC3)N=C2)nc2c(C#N)c[nH]n2c1=O.CCNC(=O)c1cccc(-c2nc3c(C#N)c[nH]n3c(=O)c2C(C)C)c1.COc1cc(-c2nc3c(C#N)c[nH]n3c(=O)c2C(C)C)ccn1.Cc1nc(-c2ccccc2)sc1-c1nc2c(C#N)c[nH]n2c(=O)c1C(C)C. The Balaban J connectivity index is 0.000000135. The summed E-state index contributed by atoms with van der Waals surface area (Å²) in [7, 11) is 1.53. The second-order valence-electron chi connectivity index (χ2n) is 36.9. The van der Waals surface area contributed by atoms with Crippen LogP contribution in [-0.4, -0.2) is 148 Å². The van der Waals surface area contributed by atoms with Crippen LogP contribution in [0.15, 0.2) is 192 Å². The first-order chi connectivity index (χ1) is 72.0. The van der Waals surface area contributed by atoms with Gasteiger partial charge in [-0.2, -0.15) is 36.8 Å². The average Bonchev–Trinajstić information content (AvgIpc) is 1.60. The summed E-state index contributed by atoms with van der Waals surface area (Å²) >= 11 is 1.52. The lowest BCUT2D eigenvalue weighted by atomic mass is 9.95. The van der Waals surface area contributed by atoms with E-state index in [-0.39, 0.29) is 110 Å². The molecule has 2 aliphatic rings. The molecule has 4 aromatic carbocycles. The van der Waals surface area contributed by atoms with Gasteiger partial charge in [0.25, 0.3) is 39.3 Å². The minimum absolute atomic E-state index is 0.00361. The molecular formula is C108H101N31O10S. The molecule has 2 unspecified atom stereocenters. The third-order valence-corrected chi connectivity index (χ3v) is 26.0. The number of nitrogens with one attached hydrogen (secondary N) is 7. The van der Waals surface area contributed by atoms with E-state index in [0.29, 0.717) is 171 Å². The lowest BCUT2D eigenvalue weighted by Gasteiger charge is -2.13. The molecule has 42 heteroatoms. The number of thiazole rings is 1. The summed E-state index contributed by atoms with van der Waals surface area (Å²) in [6.07, 6.45) is 15.4. The number of rotatable bonds is 19. The van der Waals surface area contributed by atoms with Crippen molar-refractivity contribution in [1.29, 1.82) is 36.8 Å². The van der Waals surface area contributed by atoms with Gasteiger partial charge in [-0.05, 0) is 110 Å². The number of hydrogen-bond donors (Lipinski definition) is 9. The number of allylic oxidation sites excluding steroid dienone is 1. The monoisotopic (exact) mass is 2020 g/mol. The summed E-state index contributed by atoms with van der Waals surface area (Å²) in [5.41, 5.74) is 27.6. The number of ether oxygens (including phenoxy) is 2. The van der Waals surface area contributed by atoms with Gasteiger partial charge in [0.2, 0.25) is 11.8 Å². The molecule has 20 rings (SSSR count). The third kappa shape index (κ3) is 21.0. The molecule has 0 bridgehead atoms. The molecule has 14 aromatic heterocycles. The first kappa shape index (κ1) is 105. The Morgan fingerprint density at radius 1 is 0.467 bits per heavy atom. The molecule has 0 spiro atoms. The second kappa shape index (κ2) is 44.8. The first-order valence-corrected chi connectivity index (χ1v) is 48.5. The molecule has 41 nitrogen and oxygen atoms in total. The number of nitrogens with zero attached hydrogens (tertiary/aromatic N) is 22. The number of amides is 2. The lowest BCUT2D eigenvalue weighted by molar-refractivity contribution is -0.117. The van der Waals surface area contributed by atoms with Gasteiger partial charge in [0, 0.05) is 153 Å². The van der Waals surface area contributed by atoms with E-state index in [0.717, 1.165) is 50.9 Å². The van der Waals surface area contributed by atoms with Gasteiger partial charge in [-0.15, -0.1) is 11.3 Å². The number of aliphatic imine (C=N–C) groups is 1. The Kier molecular flexibility index (Phi) is 31.3. The summed E-state index contributed by atoms with van der Waals surface area (Å²) in [6, 6.07) is 46.9. The van der Waals surface area contributed by atoms with Crippen LogP contribution in [0.25, 0.3) is 106 Å². The van der Waals surface area contributed by atoms with Crippen LogP contribution in [0.3, 0.4) is 0 Å². The highest BCUT2D eigenvalue weighted by Gasteiger charge is 2.33. The van der Waals surface area contributed by atoms with Crippen molar-refractivity contribution >= 4 is 74.5 Å². The number of carbonyl (C=O) groups excluding carboxylic acids is 2. The number of aryl methyl sites for hydroxylation is 1. The van der Waals surface area contributed by atoms with Crippen molar-refractivity contribution in [3.05, 3.63) is 316 Å². The maximum Gasteiger partial charge on any atom is 0.276 e. The second-order valence-corrected chi connectivity index (χ2v) is 37.9. The topological polar surface area (TPSA) is 622 Å². The molecule has 0 aliphatic carbocycles. The number of benzene rings is 4. The zero-order chi connectivity index (χ0) is 108. The fourth-order valence-electron chi connectivity index (χ4n) is 17.7. The average molecular weight is 2030 g/mol. The zero-order valence-electron chi connectivity index (χ0n) is 84.2. The van der Waals surface area contributed by atoms with Gasteiger partial charge in [-0.3, -0.25) is 73.9 Å². The minimum Gasteiger partial charge on any atom is -0.481 e. The van der Waals surface area contributed by atoms with Gasteiger partial charge in [-0.1, -0.05) is 144 Å². The fourth-order valence-corrected chi connectivity index (χ4v) is 18.7. The Morgan fingerprint density at radius 3 is 1.25 bits per heavy atom. The number of fused-ring (bicyclic) bond motifs is 6. The quantitative estimate of drug-likeness (QED) is 0.0340. The molecule has 11 N–H and O–H groups in total. The van der Waals surface area contributed by atoms with Crippen LogP contribution >= 0.6 is 11.3 Å². The predicted octanol–water partition coefficient (Wildman–Crippen LogP) is 14.4. The maximum atomic E-state index is 13.0. The number of nitrogens with two attached hydrogens (primary N) is 2. The Morgan fingerprint density at radius 2 is 0.853 bits per heavy atom. The number of primary amides is 1. The van der Waals surface area contributed by atoms with Gasteiger partial charge in [0.15, 0.2) is 33.9 Å². The molecular weight excluding hydrogens is 1920 g/mol. The van der Waals surface area contributed by atoms with Gasteiger partial charge in [0.1, 0.15) is 74.8 Å². The number of H-pyrrole nitrogens is 6. The predicted molar refractivity (Wildman–Crippen MR) is 564 cm³/mol. The number of pyridine rings is 1. The number of nitrogen functional groups attached to an aromatic ring is 1. The molecule has 754 valence electrons. The van der Waals surface area contributed by atoms with E-state index < -0.39 is 5.91 Å². The van der Waals surface area contributed by atoms with Crippen molar-refractivity contribution in [2.45, 2.75) is 151 Å². The smallest absolute Gasteiger partial charge is 0.276 e. The molecule has 16 heterocycles. The van der Waals surface area contributed by atoms with E-state index >= 15 is 0 Å². The summed E-state index contributed by atoms with van der Waals surface area (Å²) in [4.78, 5) is 142. The van der Waals surface area contributed by atoms with Gasteiger partial charge in [-0.25, -0.2) is 67.0 Å². The molecule has 2 aliphatic heterocycles. The summed E-state index contributed by atoms with van der Waals surface area (Å²) in [5, 5.41) is 85.0. The molecule has 150 heavy (non-hydrogen) atoms. The van der Waals surface area contributed by atoms with Crippen LogP contribution in [0.2, 0.25) is 0 Å². The largest absolute Gasteiger partial charge is 0.481 e. The number of methoxy groups -OCH3 is 1. The number of anilines is 1. The zero-order valence-corrected chi connectivity index (χ0v) is 85.0. The van der Waals surface area contributed by atoms with Crippen LogP contribution in [0.5, 0.6) is 5.88 Å². The summed E-state index contributed by atoms with van der Waals surface area (Å²) in [6.45, 7) is 29.0.